The number of anilines is 3. The van der Waals surface area contributed by atoms with Crippen LogP contribution in [-0.2, 0) is 0 Å². The van der Waals surface area contributed by atoms with E-state index in [1.165, 1.54) is 0 Å². The van der Waals surface area contributed by atoms with Gasteiger partial charge in [0.2, 0.25) is 0 Å². The second kappa shape index (κ2) is 5.38. The van der Waals surface area contributed by atoms with Gasteiger partial charge in [0.1, 0.15) is 17.5 Å². The molecule has 21 heavy (non-hydrogen) atoms. The summed E-state index contributed by atoms with van der Waals surface area (Å²) in [7, 11) is 0. The van der Waals surface area contributed by atoms with E-state index in [1.54, 1.807) is 12.1 Å². The first-order valence-corrected chi connectivity index (χ1v) is 6.83. The fourth-order valence-electron chi connectivity index (χ4n) is 2.12. The van der Waals surface area contributed by atoms with Gasteiger partial charge in [0, 0.05) is 17.2 Å². The van der Waals surface area contributed by atoms with E-state index in [-0.39, 0.29) is 0 Å². The van der Waals surface area contributed by atoms with E-state index in [4.69, 9.17) is 11.1 Å². The van der Waals surface area contributed by atoms with E-state index in [1.807, 2.05) is 19.1 Å². The highest BCUT2D eigenvalue weighted by atomic mass is 15.3. The van der Waals surface area contributed by atoms with Crippen LogP contribution in [0.3, 0.4) is 0 Å². The Hall–Kier alpha value is -2.65. The van der Waals surface area contributed by atoms with Crippen molar-refractivity contribution in [1.82, 2.24) is 9.97 Å². The number of hydrogen-bond donors (Lipinski definition) is 3. The van der Waals surface area contributed by atoms with Gasteiger partial charge < -0.3 is 10.7 Å². The molecule has 1 aliphatic carbocycles. The number of nitrogen functional groups attached to an aromatic ring is 1. The molecule has 0 spiro atoms. The third kappa shape index (κ3) is 2.78. The molecule has 1 saturated carbocycles. The summed E-state index contributed by atoms with van der Waals surface area (Å²) in [5.41, 5.74) is 4.90. The van der Waals surface area contributed by atoms with Crippen molar-refractivity contribution >= 4 is 17.3 Å². The molecule has 6 nitrogen and oxygen atoms in total. The van der Waals surface area contributed by atoms with Gasteiger partial charge in [-0.05, 0) is 38.0 Å². The summed E-state index contributed by atoms with van der Waals surface area (Å²) < 4.78 is 0. The number of nitrogens with one attached hydrogen (secondary N) is 2. The summed E-state index contributed by atoms with van der Waals surface area (Å²) in [6.07, 6.45) is 2.24. The van der Waals surface area contributed by atoms with Crippen LogP contribution in [-0.4, -0.2) is 9.97 Å². The van der Waals surface area contributed by atoms with Gasteiger partial charge >= 0.3 is 0 Å². The molecule has 1 aromatic carbocycles. The molecule has 106 valence electrons. The Morgan fingerprint density at radius 2 is 2.05 bits per heavy atom. The van der Waals surface area contributed by atoms with Crippen LogP contribution in [0.25, 0.3) is 0 Å². The summed E-state index contributed by atoms with van der Waals surface area (Å²) in [6.45, 7) is 1.91. The van der Waals surface area contributed by atoms with Crippen molar-refractivity contribution in [3.8, 4) is 6.07 Å². The van der Waals surface area contributed by atoms with Crippen LogP contribution >= 0.6 is 0 Å². The Labute approximate surface area is 123 Å². The van der Waals surface area contributed by atoms with Crippen molar-refractivity contribution in [2.45, 2.75) is 25.7 Å². The SMILES string of the molecule is Cc1c(NN)nc(C2CC2)nc1Nc1cccc(C#N)c1. The lowest BCUT2D eigenvalue weighted by Crippen LogP contribution is -2.13. The number of nitriles is 1. The molecular weight excluding hydrogens is 264 g/mol. The quantitative estimate of drug-likeness (QED) is 0.588. The molecule has 1 aliphatic rings. The monoisotopic (exact) mass is 280 g/mol. The average molecular weight is 280 g/mol. The van der Waals surface area contributed by atoms with Crippen LogP contribution in [0.15, 0.2) is 24.3 Å². The zero-order valence-electron chi connectivity index (χ0n) is 11.7. The molecule has 6 heteroatoms. The molecule has 4 N–H and O–H groups in total. The third-order valence-corrected chi connectivity index (χ3v) is 3.50. The van der Waals surface area contributed by atoms with E-state index in [0.717, 1.165) is 35.7 Å². The maximum atomic E-state index is 8.96. The van der Waals surface area contributed by atoms with Gasteiger partial charge in [-0.2, -0.15) is 5.26 Å². The van der Waals surface area contributed by atoms with Crippen LogP contribution in [0.4, 0.5) is 17.3 Å². The van der Waals surface area contributed by atoms with E-state index in [9.17, 15) is 0 Å². The van der Waals surface area contributed by atoms with Crippen molar-refractivity contribution in [2.75, 3.05) is 10.7 Å². The topological polar surface area (TPSA) is 99.7 Å². The molecule has 0 amide bonds. The van der Waals surface area contributed by atoms with Gasteiger partial charge in [0.05, 0.1) is 11.6 Å². The molecule has 1 fully saturated rings. The third-order valence-electron chi connectivity index (χ3n) is 3.50. The number of nitrogens with zero attached hydrogens (tertiary/aromatic N) is 3. The Bertz CT molecular complexity index is 715. The number of rotatable bonds is 4. The van der Waals surface area contributed by atoms with E-state index in [2.05, 4.69) is 26.8 Å². The average Bonchev–Trinajstić information content (AvgIpc) is 3.34. The fraction of sp³-hybridized carbons (Fsp3) is 0.267. The highest BCUT2D eigenvalue weighted by Gasteiger charge is 2.28. The van der Waals surface area contributed by atoms with Crippen molar-refractivity contribution in [3.05, 3.63) is 41.2 Å². The van der Waals surface area contributed by atoms with Gasteiger partial charge in [0.15, 0.2) is 0 Å². The van der Waals surface area contributed by atoms with Crippen LogP contribution in [0, 0.1) is 18.3 Å². The lowest BCUT2D eigenvalue weighted by Gasteiger charge is -2.13. The smallest absolute Gasteiger partial charge is 0.148 e. The minimum absolute atomic E-state index is 0.434. The molecule has 0 unspecified atom stereocenters. The lowest BCUT2D eigenvalue weighted by molar-refractivity contribution is 0.920. The van der Waals surface area contributed by atoms with Gasteiger partial charge in [-0.15, -0.1) is 0 Å². The van der Waals surface area contributed by atoms with Gasteiger partial charge in [0.25, 0.3) is 0 Å². The number of nitrogens with two attached hydrogens (primary N) is 1. The van der Waals surface area contributed by atoms with Crippen LogP contribution in [0.1, 0.15) is 35.7 Å². The Kier molecular flexibility index (Phi) is 3.42. The van der Waals surface area contributed by atoms with E-state index in [0.29, 0.717) is 17.3 Å². The highest BCUT2D eigenvalue weighted by Crippen LogP contribution is 2.39. The number of hydrazine groups is 1. The Morgan fingerprint density at radius 1 is 1.29 bits per heavy atom. The van der Waals surface area contributed by atoms with Gasteiger partial charge in [-0.1, -0.05) is 6.07 Å². The van der Waals surface area contributed by atoms with Gasteiger partial charge in [-0.3, -0.25) is 0 Å². The lowest BCUT2D eigenvalue weighted by atomic mass is 10.2. The van der Waals surface area contributed by atoms with E-state index >= 15 is 0 Å². The molecule has 2 aromatic rings. The molecule has 0 atom stereocenters. The zero-order valence-corrected chi connectivity index (χ0v) is 11.7. The molecule has 0 radical (unpaired) electrons. The molecule has 0 aliphatic heterocycles. The predicted molar refractivity (Wildman–Crippen MR) is 81.0 cm³/mol. The maximum Gasteiger partial charge on any atom is 0.148 e. The molecule has 1 aromatic heterocycles. The standard InChI is InChI=1S/C15H16N6/c1-9-13(18-12-4-2-3-10(7-12)8-16)19-15(11-5-6-11)20-14(9)21-17/h2-4,7,11H,5-6,17H2,1H3,(H2,18,19,20,21). The second-order valence-corrected chi connectivity index (χ2v) is 5.14. The maximum absolute atomic E-state index is 8.96. The molecule has 0 bridgehead atoms. The largest absolute Gasteiger partial charge is 0.340 e. The molecule has 0 saturated heterocycles. The van der Waals surface area contributed by atoms with E-state index < -0.39 is 0 Å². The Morgan fingerprint density at radius 3 is 2.71 bits per heavy atom. The van der Waals surface area contributed by atoms with Crippen LogP contribution < -0.4 is 16.6 Å². The summed E-state index contributed by atoms with van der Waals surface area (Å²) >= 11 is 0. The first kappa shape index (κ1) is 13.3. The molecular formula is C15H16N6. The summed E-state index contributed by atoms with van der Waals surface area (Å²) in [5.74, 6) is 8.13. The van der Waals surface area contributed by atoms with Crippen molar-refractivity contribution in [1.29, 1.82) is 5.26 Å². The number of benzene rings is 1. The summed E-state index contributed by atoms with van der Waals surface area (Å²) in [4.78, 5) is 9.04. The van der Waals surface area contributed by atoms with Gasteiger partial charge in [-0.25, -0.2) is 15.8 Å². The molecule has 3 rings (SSSR count). The zero-order chi connectivity index (χ0) is 14.8. The normalized spacial score (nSPS) is 13.6. The first-order chi connectivity index (χ1) is 10.2. The minimum atomic E-state index is 0.434. The summed E-state index contributed by atoms with van der Waals surface area (Å²) in [6, 6.07) is 9.41. The summed E-state index contributed by atoms with van der Waals surface area (Å²) in [5, 5.41) is 12.2. The predicted octanol–water partition coefficient (Wildman–Crippen LogP) is 2.56. The number of hydrogen-bond acceptors (Lipinski definition) is 6. The fourth-order valence-corrected chi connectivity index (χ4v) is 2.12. The molecule has 1 heterocycles. The van der Waals surface area contributed by atoms with Crippen molar-refractivity contribution in [3.63, 3.8) is 0 Å². The van der Waals surface area contributed by atoms with Crippen molar-refractivity contribution < 1.29 is 0 Å². The van der Waals surface area contributed by atoms with Crippen LogP contribution in [0.2, 0.25) is 0 Å². The van der Waals surface area contributed by atoms with Crippen molar-refractivity contribution in [2.24, 2.45) is 5.84 Å². The van der Waals surface area contributed by atoms with Crippen LogP contribution in [0.5, 0.6) is 0 Å². The highest BCUT2D eigenvalue weighted by molar-refractivity contribution is 5.65. The second-order valence-electron chi connectivity index (χ2n) is 5.14. The number of aromatic nitrogens is 2. The minimum Gasteiger partial charge on any atom is -0.340 e. The first-order valence-electron chi connectivity index (χ1n) is 6.83. The Balaban J connectivity index is 1.97.